The van der Waals surface area contributed by atoms with Crippen LogP contribution in [0.1, 0.15) is 48.2 Å². The number of carbonyl (C=O) groups excluding carboxylic acids is 2. The van der Waals surface area contributed by atoms with Crippen molar-refractivity contribution in [3.8, 4) is 0 Å². The molecule has 1 aliphatic rings. The second-order valence-corrected chi connectivity index (χ2v) is 8.17. The summed E-state index contributed by atoms with van der Waals surface area (Å²) in [6.45, 7) is 11.9. The molecule has 0 atom stereocenters. The molecule has 0 unspecified atom stereocenters. The SMILES string of the molecule is CCOC(=O)N1CCN(C(=O)c2ccc(CN(Cc3ccccc3C)C(C)C)o2)CC1. The number of hydrogen-bond acceptors (Lipinski definition) is 5. The zero-order valence-corrected chi connectivity index (χ0v) is 19.0. The lowest BCUT2D eigenvalue weighted by molar-refractivity contribution is 0.0543. The van der Waals surface area contributed by atoms with Gasteiger partial charge in [0.25, 0.3) is 5.91 Å². The summed E-state index contributed by atoms with van der Waals surface area (Å²) in [5.74, 6) is 0.986. The highest BCUT2D eigenvalue weighted by atomic mass is 16.6. The number of ether oxygens (including phenoxy) is 1. The summed E-state index contributed by atoms with van der Waals surface area (Å²) in [5.41, 5.74) is 2.56. The molecule has 0 radical (unpaired) electrons. The number of benzene rings is 1. The molecule has 1 aromatic heterocycles. The summed E-state index contributed by atoms with van der Waals surface area (Å²) >= 11 is 0. The number of rotatable bonds is 7. The highest BCUT2D eigenvalue weighted by molar-refractivity contribution is 5.91. The Morgan fingerprint density at radius 2 is 1.71 bits per heavy atom. The van der Waals surface area contributed by atoms with Gasteiger partial charge in [0, 0.05) is 38.8 Å². The predicted octanol–water partition coefficient (Wildman–Crippen LogP) is 3.91. The molecule has 7 nitrogen and oxygen atoms in total. The van der Waals surface area contributed by atoms with Crippen molar-refractivity contribution in [2.75, 3.05) is 32.8 Å². The fourth-order valence-corrected chi connectivity index (χ4v) is 3.67. The first kappa shape index (κ1) is 22.9. The number of amides is 2. The second-order valence-electron chi connectivity index (χ2n) is 8.17. The van der Waals surface area contributed by atoms with Crippen LogP contribution in [0, 0.1) is 6.92 Å². The number of aryl methyl sites for hydroxylation is 1. The average Bonchev–Trinajstić information content (AvgIpc) is 3.23. The van der Waals surface area contributed by atoms with E-state index in [1.54, 1.807) is 22.8 Å². The highest BCUT2D eigenvalue weighted by Gasteiger charge is 2.27. The molecule has 2 aromatic rings. The van der Waals surface area contributed by atoms with E-state index in [0.29, 0.717) is 51.1 Å². The minimum absolute atomic E-state index is 0.134. The molecule has 0 N–H and O–H groups in total. The maximum Gasteiger partial charge on any atom is 0.409 e. The zero-order chi connectivity index (χ0) is 22.4. The molecule has 168 valence electrons. The van der Waals surface area contributed by atoms with Crippen molar-refractivity contribution in [1.29, 1.82) is 0 Å². The molecule has 0 bridgehead atoms. The van der Waals surface area contributed by atoms with Gasteiger partial charge < -0.3 is 19.0 Å². The fourth-order valence-electron chi connectivity index (χ4n) is 3.67. The first-order valence-electron chi connectivity index (χ1n) is 11.0. The molecule has 1 fully saturated rings. The molecular formula is C24H33N3O4. The lowest BCUT2D eigenvalue weighted by Gasteiger charge is -2.33. The molecule has 0 spiro atoms. The lowest BCUT2D eigenvalue weighted by atomic mass is 10.1. The smallest absolute Gasteiger partial charge is 0.409 e. The minimum atomic E-state index is -0.322. The van der Waals surface area contributed by atoms with Crippen LogP contribution in [0.25, 0.3) is 0 Å². The number of piperazine rings is 1. The van der Waals surface area contributed by atoms with Gasteiger partial charge in [0.05, 0.1) is 13.2 Å². The Morgan fingerprint density at radius 3 is 2.35 bits per heavy atom. The number of hydrogen-bond donors (Lipinski definition) is 0. The summed E-state index contributed by atoms with van der Waals surface area (Å²) in [6, 6.07) is 12.4. The molecule has 3 rings (SSSR count). The maximum absolute atomic E-state index is 12.9. The van der Waals surface area contributed by atoms with E-state index in [4.69, 9.17) is 9.15 Å². The van der Waals surface area contributed by atoms with Crippen LogP contribution in [-0.2, 0) is 17.8 Å². The minimum Gasteiger partial charge on any atom is -0.455 e. The average molecular weight is 428 g/mol. The molecule has 0 aliphatic carbocycles. The standard InChI is InChI=1S/C24H33N3O4/c1-5-30-24(29)26-14-12-25(13-15-26)23(28)22-11-10-21(31-22)17-27(18(2)3)16-20-9-7-6-8-19(20)4/h6-11,18H,5,12-17H2,1-4H3. The summed E-state index contributed by atoms with van der Waals surface area (Å²) in [4.78, 5) is 30.4. The van der Waals surface area contributed by atoms with Crippen LogP contribution in [0.5, 0.6) is 0 Å². The first-order chi connectivity index (χ1) is 14.9. The monoisotopic (exact) mass is 427 g/mol. The molecule has 31 heavy (non-hydrogen) atoms. The van der Waals surface area contributed by atoms with E-state index >= 15 is 0 Å². The van der Waals surface area contributed by atoms with Gasteiger partial charge in [0.15, 0.2) is 5.76 Å². The van der Waals surface area contributed by atoms with E-state index < -0.39 is 0 Å². The van der Waals surface area contributed by atoms with Crippen LogP contribution in [0.4, 0.5) is 4.79 Å². The normalized spacial score (nSPS) is 14.4. The Balaban J connectivity index is 1.59. The topological polar surface area (TPSA) is 66.2 Å². The van der Waals surface area contributed by atoms with Crippen molar-refractivity contribution in [3.05, 3.63) is 59.0 Å². The van der Waals surface area contributed by atoms with Gasteiger partial charge in [-0.05, 0) is 51.0 Å². The summed E-state index contributed by atoms with van der Waals surface area (Å²) in [6.07, 6.45) is -0.322. The third-order valence-corrected chi connectivity index (χ3v) is 5.69. The van der Waals surface area contributed by atoms with Crippen molar-refractivity contribution in [2.45, 2.75) is 46.8 Å². The van der Waals surface area contributed by atoms with E-state index in [0.717, 1.165) is 12.3 Å². The van der Waals surface area contributed by atoms with Crippen molar-refractivity contribution in [1.82, 2.24) is 14.7 Å². The fraction of sp³-hybridized carbons (Fsp3) is 0.500. The number of nitrogens with zero attached hydrogens (tertiary/aromatic N) is 3. The molecule has 2 amide bonds. The van der Waals surface area contributed by atoms with Crippen LogP contribution >= 0.6 is 0 Å². The van der Waals surface area contributed by atoms with E-state index in [1.165, 1.54) is 11.1 Å². The van der Waals surface area contributed by atoms with Crippen LogP contribution < -0.4 is 0 Å². The van der Waals surface area contributed by atoms with Crippen LogP contribution in [0.3, 0.4) is 0 Å². The highest BCUT2D eigenvalue weighted by Crippen LogP contribution is 2.19. The summed E-state index contributed by atoms with van der Waals surface area (Å²) in [5, 5.41) is 0. The van der Waals surface area contributed by atoms with E-state index in [-0.39, 0.29) is 12.0 Å². The molecule has 0 saturated carbocycles. The van der Waals surface area contributed by atoms with Gasteiger partial charge in [-0.15, -0.1) is 0 Å². The van der Waals surface area contributed by atoms with Crippen molar-refractivity contribution in [2.24, 2.45) is 0 Å². The second kappa shape index (κ2) is 10.5. The van der Waals surface area contributed by atoms with Crippen LogP contribution in [0.15, 0.2) is 40.8 Å². The quantitative estimate of drug-likeness (QED) is 0.670. The van der Waals surface area contributed by atoms with Gasteiger partial charge in [-0.2, -0.15) is 0 Å². The molecule has 1 saturated heterocycles. The first-order valence-corrected chi connectivity index (χ1v) is 11.0. The summed E-state index contributed by atoms with van der Waals surface area (Å²) in [7, 11) is 0. The van der Waals surface area contributed by atoms with Crippen LogP contribution in [-0.4, -0.2) is 65.5 Å². The molecule has 1 aromatic carbocycles. The predicted molar refractivity (Wildman–Crippen MR) is 119 cm³/mol. The van der Waals surface area contributed by atoms with Gasteiger partial charge in [0.2, 0.25) is 0 Å². The lowest BCUT2D eigenvalue weighted by Crippen LogP contribution is -2.50. The Hall–Kier alpha value is -2.80. The Morgan fingerprint density at radius 1 is 1.03 bits per heavy atom. The third-order valence-electron chi connectivity index (χ3n) is 5.69. The molecule has 2 heterocycles. The van der Waals surface area contributed by atoms with Crippen molar-refractivity contribution < 1.29 is 18.7 Å². The molecule has 7 heteroatoms. The van der Waals surface area contributed by atoms with Gasteiger partial charge in [-0.25, -0.2) is 4.79 Å². The van der Waals surface area contributed by atoms with Crippen molar-refractivity contribution in [3.63, 3.8) is 0 Å². The Kier molecular flexibility index (Phi) is 7.74. The Labute approximate surface area is 184 Å². The van der Waals surface area contributed by atoms with Gasteiger partial charge in [-0.1, -0.05) is 24.3 Å². The van der Waals surface area contributed by atoms with Gasteiger partial charge >= 0.3 is 6.09 Å². The largest absolute Gasteiger partial charge is 0.455 e. The van der Waals surface area contributed by atoms with E-state index in [9.17, 15) is 9.59 Å². The maximum atomic E-state index is 12.9. The number of carbonyl (C=O) groups is 2. The van der Waals surface area contributed by atoms with Gasteiger partial charge in [-0.3, -0.25) is 9.69 Å². The molecule has 1 aliphatic heterocycles. The van der Waals surface area contributed by atoms with E-state index in [1.807, 2.05) is 6.07 Å². The Bertz CT molecular complexity index is 884. The third kappa shape index (κ3) is 5.88. The van der Waals surface area contributed by atoms with Crippen LogP contribution in [0.2, 0.25) is 0 Å². The van der Waals surface area contributed by atoms with E-state index in [2.05, 4.69) is 49.9 Å². The molecular weight excluding hydrogens is 394 g/mol. The van der Waals surface area contributed by atoms with Crippen molar-refractivity contribution >= 4 is 12.0 Å². The van der Waals surface area contributed by atoms with Gasteiger partial charge in [0.1, 0.15) is 5.76 Å². The summed E-state index contributed by atoms with van der Waals surface area (Å²) < 4.78 is 11.0. The zero-order valence-electron chi connectivity index (χ0n) is 19.0. The number of furan rings is 1.